The Morgan fingerprint density at radius 3 is 2.33 bits per heavy atom. The van der Waals surface area contributed by atoms with Gasteiger partial charge >= 0.3 is 6.18 Å². The molecule has 1 aromatic rings. The second-order valence-corrected chi connectivity index (χ2v) is 4.13. The number of ether oxygens (including phenoxy) is 1. The SMILES string of the molecule is NCC(CCCCOc1ccccc1)C(F)(F)F. The van der Waals surface area contributed by atoms with E-state index in [-0.39, 0.29) is 13.0 Å². The van der Waals surface area contributed by atoms with Gasteiger partial charge in [0.15, 0.2) is 0 Å². The van der Waals surface area contributed by atoms with Gasteiger partial charge in [0.2, 0.25) is 0 Å². The van der Waals surface area contributed by atoms with Gasteiger partial charge < -0.3 is 10.5 Å². The van der Waals surface area contributed by atoms with E-state index in [9.17, 15) is 13.2 Å². The number of alkyl halides is 3. The normalized spacial score (nSPS) is 13.3. The molecule has 0 radical (unpaired) electrons. The molecule has 0 saturated heterocycles. The van der Waals surface area contributed by atoms with E-state index < -0.39 is 12.1 Å². The molecule has 1 rings (SSSR count). The highest BCUT2D eigenvalue weighted by molar-refractivity contribution is 5.20. The standard InChI is InChI=1S/C13H18F3NO/c14-13(15,16)11(10-17)6-4-5-9-18-12-7-2-1-3-8-12/h1-3,7-8,11H,4-6,9-10,17H2. The molecule has 0 saturated carbocycles. The summed E-state index contributed by atoms with van der Waals surface area (Å²) in [5.41, 5.74) is 5.11. The van der Waals surface area contributed by atoms with Crippen molar-refractivity contribution in [2.24, 2.45) is 11.7 Å². The molecular formula is C13H18F3NO. The molecule has 0 spiro atoms. The molecule has 1 atom stereocenters. The Morgan fingerprint density at radius 2 is 1.78 bits per heavy atom. The Balaban J connectivity index is 2.15. The highest BCUT2D eigenvalue weighted by Gasteiger charge is 2.37. The quantitative estimate of drug-likeness (QED) is 0.764. The molecule has 0 amide bonds. The number of halogens is 3. The topological polar surface area (TPSA) is 35.2 Å². The molecule has 18 heavy (non-hydrogen) atoms. The third kappa shape index (κ3) is 5.40. The van der Waals surface area contributed by atoms with E-state index in [1.54, 1.807) is 0 Å². The van der Waals surface area contributed by atoms with Crippen LogP contribution in [0.2, 0.25) is 0 Å². The maximum Gasteiger partial charge on any atom is 0.393 e. The van der Waals surface area contributed by atoms with Crippen molar-refractivity contribution in [1.82, 2.24) is 0 Å². The van der Waals surface area contributed by atoms with Crippen LogP contribution in [0.25, 0.3) is 0 Å². The van der Waals surface area contributed by atoms with E-state index in [0.29, 0.717) is 19.4 Å². The first-order valence-electron chi connectivity index (χ1n) is 5.98. The summed E-state index contributed by atoms with van der Waals surface area (Å²) in [5, 5.41) is 0. The lowest BCUT2D eigenvalue weighted by molar-refractivity contribution is -0.173. The van der Waals surface area contributed by atoms with Crippen molar-refractivity contribution in [3.63, 3.8) is 0 Å². The van der Waals surface area contributed by atoms with E-state index in [0.717, 1.165) is 5.75 Å². The lowest BCUT2D eigenvalue weighted by Gasteiger charge is -2.18. The number of nitrogens with two attached hydrogens (primary N) is 1. The van der Waals surface area contributed by atoms with Gasteiger partial charge in [-0.2, -0.15) is 13.2 Å². The Morgan fingerprint density at radius 1 is 1.11 bits per heavy atom. The van der Waals surface area contributed by atoms with Crippen molar-refractivity contribution < 1.29 is 17.9 Å². The van der Waals surface area contributed by atoms with Crippen LogP contribution in [0.15, 0.2) is 30.3 Å². The number of benzene rings is 1. The van der Waals surface area contributed by atoms with E-state index in [4.69, 9.17) is 10.5 Å². The minimum Gasteiger partial charge on any atom is -0.494 e. The van der Waals surface area contributed by atoms with Crippen LogP contribution < -0.4 is 10.5 Å². The highest BCUT2D eigenvalue weighted by atomic mass is 19.4. The zero-order valence-electron chi connectivity index (χ0n) is 10.1. The number of rotatable bonds is 7. The molecule has 5 heteroatoms. The zero-order valence-corrected chi connectivity index (χ0v) is 10.1. The van der Waals surface area contributed by atoms with Gasteiger partial charge in [-0.3, -0.25) is 0 Å². The number of hydrogen-bond acceptors (Lipinski definition) is 2. The predicted molar refractivity (Wildman–Crippen MR) is 64.4 cm³/mol. The van der Waals surface area contributed by atoms with Gasteiger partial charge in [-0.05, 0) is 31.4 Å². The Kier molecular flexibility index (Phi) is 5.98. The summed E-state index contributed by atoms with van der Waals surface area (Å²) in [6.07, 6.45) is -3.05. The first-order chi connectivity index (χ1) is 8.54. The lowest BCUT2D eigenvalue weighted by atomic mass is 10.0. The van der Waals surface area contributed by atoms with Crippen molar-refractivity contribution in [2.45, 2.75) is 25.4 Å². The molecule has 102 valence electrons. The van der Waals surface area contributed by atoms with Crippen LogP contribution >= 0.6 is 0 Å². The van der Waals surface area contributed by atoms with Crippen LogP contribution in [-0.2, 0) is 0 Å². The average Bonchev–Trinajstić information content (AvgIpc) is 2.33. The number of para-hydroxylation sites is 1. The first-order valence-corrected chi connectivity index (χ1v) is 5.98. The van der Waals surface area contributed by atoms with Crippen molar-refractivity contribution in [3.8, 4) is 5.75 Å². The fraction of sp³-hybridized carbons (Fsp3) is 0.538. The first kappa shape index (κ1) is 14.8. The molecular weight excluding hydrogens is 243 g/mol. The Labute approximate surface area is 105 Å². The molecule has 0 fully saturated rings. The fourth-order valence-electron chi connectivity index (χ4n) is 1.61. The van der Waals surface area contributed by atoms with Gasteiger partial charge in [0.25, 0.3) is 0 Å². The van der Waals surface area contributed by atoms with Crippen molar-refractivity contribution >= 4 is 0 Å². The molecule has 1 aromatic carbocycles. The molecule has 0 bridgehead atoms. The van der Waals surface area contributed by atoms with Crippen LogP contribution in [0.1, 0.15) is 19.3 Å². The Bertz CT molecular complexity index is 327. The molecule has 0 aromatic heterocycles. The monoisotopic (exact) mass is 261 g/mol. The molecule has 0 aliphatic rings. The van der Waals surface area contributed by atoms with Crippen LogP contribution in [0, 0.1) is 5.92 Å². The molecule has 0 heterocycles. The highest BCUT2D eigenvalue weighted by Crippen LogP contribution is 2.29. The van der Waals surface area contributed by atoms with Gasteiger partial charge in [0, 0.05) is 6.54 Å². The average molecular weight is 261 g/mol. The zero-order chi connectivity index (χ0) is 13.4. The smallest absolute Gasteiger partial charge is 0.393 e. The summed E-state index contributed by atoms with van der Waals surface area (Å²) in [6, 6.07) is 9.21. The second kappa shape index (κ2) is 7.26. The number of unbranched alkanes of at least 4 members (excludes halogenated alkanes) is 1. The summed E-state index contributed by atoms with van der Waals surface area (Å²) in [7, 11) is 0. The van der Waals surface area contributed by atoms with E-state index in [1.165, 1.54) is 0 Å². The van der Waals surface area contributed by atoms with Gasteiger partial charge in [-0.25, -0.2) is 0 Å². The Hall–Kier alpha value is -1.23. The van der Waals surface area contributed by atoms with Gasteiger partial charge in [0.05, 0.1) is 12.5 Å². The maximum absolute atomic E-state index is 12.4. The molecule has 2 N–H and O–H groups in total. The third-order valence-corrected chi connectivity index (χ3v) is 2.71. The predicted octanol–water partition coefficient (Wildman–Crippen LogP) is 3.37. The molecule has 1 unspecified atom stereocenters. The molecule has 0 aliphatic heterocycles. The fourth-order valence-corrected chi connectivity index (χ4v) is 1.61. The van der Waals surface area contributed by atoms with Crippen LogP contribution in [0.5, 0.6) is 5.75 Å². The van der Waals surface area contributed by atoms with Gasteiger partial charge in [-0.15, -0.1) is 0 Å². The van der Waals surface area contributed by atoms with E-state index in [1.807, 2.05) is 30.3 Å². The number of hydrogen-bond donors (Lipinski definition) is 1. The summed E-state index contributed by atoms with van der Waals surface area (Å²) in [6.45, 7) is 0.0855. The third-order valence-electron chi connectivity index (χ3n) is 2.71. The summed E-state index contributed by atoms with van der Waals surface area (Å²) >= 11 is 0. The summed E-state index contributed by atoms with van der Waals surface area (Å²) < 4.78 is 42.5. The molecule has 2 nitrogen and oxygen atoms in total. The maximum atomic E-state index is 12.4. The minimum atomic E-state index is -4.19. The largest absolute Gasteiger partial charge is 0.494 e. The van der Waals surface area contributed by atoms with E-state index >= 15 is 0 Å². The van der Waals surface area contributed by atoms with E-state index in [2.05, 4.69) is 0 Å². The van der Waals surface area contributed by atoms with Crippen LogP contribution in [0.4, 0.5) is 13.2 Å². The van der Waals surface area contributed by atoms with Gasteiger partial charge in [0.1, 0.15) is 5.75 Å². The lowest BCUT2D eigenvalue weighted by Crippen LogP contribution is -2.30. The second-order valence-electron chi connectivity index (χ2n) is 4.13. The van der Waals surface area contributed by atoms with Crippen molar-refractivity contribution in [3.05, 3.63) is 30.3 Å². The van der Waals surface area contributed by atoms with Crippen LogP contribution in [-0.4, -0.2) is 19.3 Å². The van der Waals surface area contributed by atoms with Crippen molar-refractivity contribution in [1.29, 1.82) is 0 Å². The van der Waals surface area contributed by atoms with Gasteiger partial charge in [-0.1, -0.05) is 18.2 Å². The van der Waals surface area contributed by atoms with Crippen molar-refractivity contribution in [2.75, 3.05) is 13.2 Å². The van der Waals surface area contributed by atoms with Crippen LogP contribution in [0.3, 0.4) is 0 Å². The summed E-state index contributed by atoms with van der Waals surface area (Å²) in [4.78, 5) is 0. The minimum absolute atomic E-state index is 0.0676. The molecule has 0 aliphatic carbocycles. The summed E-state index contributed by atoms with van der Waals surface area (Å²) in [5.74, 6) is -0.655.